The van der Waals surface area contributed by atoms with Crippen molar-refractivity contribution in [1.29, 1.82) is 0 Å². The van der Waals surface area contributed by atoms with Gasteiger partial charge in [-0.05, 0) is 31.0 Å². The molecular weight excluding hydrogens is 320 g/mol. The van der Waals surface area contributed by atoms with E-state index in [-0.39, 0.29) is 12.5 Å². The summed E-state index contributed by atoms with van der Waals surface area (Å²) >= 11 is 0. The fraction of sp³-hybridized carbons (Fsp3) is 0.533. The van der Waals surface area contributed by atoms with Gasteiger partial charge in [-0.25, -0.2) is 8.42 Å². The molecule has 0 radical (unpaired) electrons. The summed E-state index contributed by atoms with van der Waals surface area (Å²) in [6.45, 7) is 2.50. The molecule has 1 aromatic rings. The first kappa shape index (κ1) is 19.2. The summed E-state index contributed by atoms with van der Waals surface area (Å²) in [5.74, 6) is 0.0169. The van der Waals surface area contributed by atoms with Gasteiger partial charge in [0.2, 0.25) is 15.9 Å². The van der Waals surface area contributed by atoms with Crippen molar-refractivity contribution >= 4 is 21.6 Å². The number of anilines is 1. The molecule has 0 aliphatic heterocycles. The Morgan fingerprint density at radius 2 is 2.00 bits per heavy atom. The van der Waals surface area contributed by atoms with Gasteiger partial charge >= 0.3 is 0 Å². The molecular formula is C15H24N2O5S. The Morgan fingerprint density at radius 3 is 2.57 bits per heavy atom. The number of amides is 1. The van der Waals surface area contributed by atoms with Crippen molar-refractivity contribution in [3.63, 3.8) is 0 Å². The molecule has 0 aromatic heterocycles. The number of benzene rings is 1. The fourth-order valence-electron chi connectivity index (χ4n) is 2.01. The number of methoxy groups -OCH3 is 2. The van der Waals surface area contributed by atoms with E-state index in [9.17, 15) is 13.2 Å². The molecule has 0 unspecified atom stereocenters. The monoisotopic (exact) mass is 344 g/mol. The van der Waals surface area contributed by atoms with Crippen molar-refractivity contribution in [1.82, 2.24) is 5.32 Å². The van der Waals surface area contributed by atoms with Gasteiger partial charge in [0.25, 0.3) is 0 Å². The second-order valence-electron chi connectivity index (χ2n) is 5.14. The number of carbonyl (C=O) groups is 1. The summed E-state index contributed by atoms with van der Waals surface area (Å²) in [5.41, 5.74) is 1.22. The number of ether oxygens (including phenoxy) is 2. The lowest BCUT2D eigenvalue weighted by Gasteiger charge is -2.24. The van der Waals surface area contributed by atoms with Gasteiger partial charge in [0.1, 0.15) is 12.3 Å². The molecule has 7 nitrogen and oxygen atoms in total. The third kappa shape index (κ3) is 6.07. The lowest BCUT2D eigenvalue weighted by atomic mass is 10.2. The van der Waals surface area contributed by atoms with Gasteiger partial charge in [-0.1, -0.05) is 6.07 Å². The lowest BCUT2D eigenvalue weighted by Crippen LogP contribution is -2.41. The van der Waals surface area contributed by atoms with Crippen LogP contribution >= 0.6 is 0 Å². The molecule has 1 aromatic carbocycles. The van der Waals surface area contributed by atoms with E-state index in [0.29, 0.717) is 31.0 Å². The van der Waals surface area contributed by atoms with E-state index < -0.39 is 10.0 Å². The van der Waals surface area contributed by atoms with Gasteiger partial charge in [-0.2, -0.15) is 0 Å². The van der Waals surface area contributed by atoms with Gasteiger partial charge in [0, 0.05) is 20.3 Å². The zero-order valence-electron chi connectivity index (χ0n) is 14.0. The van der Waals surface area contributed by atoms with Crippen molar-refractivity contribution in [2.24, 2.45) is 0 Å². The lowest BCUT2D eigenvalue weighted by molar-refractivity contribution is -0.119. The summed E-state index contributed by atoms with van der Waals surface area (Å²) in [7, 11) is -0.591. The topological polar surface area (TPSA) is 84.9 Å². The van der Waals surface area contributed by atoms with Gasteiger partial charge in [0.15, 0.2) is 0 Å². The molecule has 0 aliphatic rings. The van der Waals surface area contributed by atoms with Crippen LogP contribution in [-0.4, -0.2) is 54.5 Å². The number of rotatable bonds is 9. The molecule has 0 bridgehead atoms. The van der Waals surface area contributed by atoms with Crippen molar-refractivity contribution in [3.8, 4) is 5.75 Å². The van der Waals surface area contributed by atoms with E-state index in [2.05, 4.69) is 5.32 Å². The number of nitrogens with one attached hydrogen (secondary N) is 1. The van der Waals surface area contributed by atoms with Gasteiger partial charge in [-0.3, -0.25) is 9.10 Å². The van der Waals surface area contributed by atoms with Gasteiger partial charge in [-0.15, -0.1) is 0 Å². The normalized spacial score (nSPS) is 11.1. The van der Waals surface area contributed by atoms with Crippen LogP contribution in [0, 0.1) is 6.92 Å². The van der Waals surface area contributed by atoms with Gasteiger partial charge < -0.3 is 14.8 Å². The number of sulfonamides is 1. The molecule has 1 rings (SSSR count). The molecule has 0 aliphatic carbocycles. The summed E-state index contributed by atoms with van der Waals surface area (Å²) in [6, 6.07) is 5.17. The van der Waals surface area contributed by atoms with Crippen molar-refractivity contribution in [2.45, 2.75) is 13.3 Å². The number of hydrogen-bond donors (Lipinski definition) is 1. The number of carbonyl (C=O) groups excluding carboxylic acids is 1. The highest BCUT2D eigenvalue weighted by Crippen LogP contribution is 2.30. The third-order valence-electron chi connectivity index (χ3n) is 3.14. The maximum absolute atomic E-state index is 12.1. The average molecular weight is 344 g/mol. The highest BCUT2D eigenvalue weighted by atomic mass is 32.2. The van der Waals surface area contributed by atoms with E-state index in [4.69, 9.17) is 9.47 Å². The average Bonchev–Trinajstić information content (AvgIpc) is 2.48. The van der Waals surface area contributed by atoms with Crippen LogP contribution in [0.3, 0.4) is 0 Å². The molecule has 0 atom stereocenters. The van der Waals surface area contributed by atoms with Crippen LogP contribution in [0.2, 0.25) is 0 Å². The number of nitrogens with zero attached hydrogens (tertiary/aromatic N) is 1. The largest absolute Gasteiger partial charge is 0.495 e. The standard InChI is InChI=1S/C15H24N2O5S/c1-12-6-7-14(22-3)13(10-12)17(23(4,19)20)11-15(18)16-8-5-9-21-2/h6-7,10H,5,8-9,11H2,1-4H3,(H,16,18). The van der Waals surface area contributed by atoms with Crippen molar-refractivity contribution in [3.05, 3.63) is 23.8 Å². The summed E-state index contributed by atoms with van der Waals surface area (Å²) in [6.07, 6.45) is 1.72. The second kappa shape index (κ2) is 8.73. The molecule has 1 amide bonds. The molecule has 0 spiro atoms. The van der Waals surface area contributed by atoms with Crippen molar-refractivity contribution in [2.75, 3.05) is 44.5 Å². The van der Waals surface area contributed by atoms with Crippen LogP contribution in [0.5, 0.6) is 5.75 Å². The quantitative estimate of drug-likeness (QED) is 0.674. The minimum absolute atomic E-state index is 0.300. The Balaban J connectivity index is 2.95. The van der Waals surface area contributed by atoms with E-state index >= 15 is 0 Å². The van der Waals surface area contributed by atoms with Crippen LogP contribution in [0.4, 0.5) is 5.69 Å². The smallest absolute Gasteiger partial charge is 0.240 e. The van der Waals surface area contributed by atoms with E-state index in [1.54, 1.807) is 19.2 Å². The molecule has 0 fully saturated rings. The highest BCUT2D eigenvalue weighted by molar-refractivity contribution is 7.92. The molecule has 0 saturated carbocycles. The summed E-state index contributed by atoms with van der Waals surface area (Å²) < 4.78 is 35.3. The molecule has 23 heavy (non-hydrogen) atoms. The van der Waals surface area contributed by atoms with E-state index in [1.165, 1.54) is 7.11 Å². The Morgan fingerprint density at radius 1 is 1.30 bits per heavy atom. The Bertz CT molecular complexity index is 631. The van der Waals surface area contributed by atoms with E-state index in [0.717, 1.165) is 16.1 Å². The Labute approximate surface area is 137 Å². The maximum atomic E-state index is 12.1. The number of aryl methyl sites for hydroxylation is 1. The third-order valence-corrected chi connectivity index (χ3v) is 4.26. The fourth-order valence-corrected chi connectivity index (χ4v) is 2.86. The predicted octanol–water partition coefficient (Wildman–Crippen LogP) is 0.922. The van der Waals surface area contributed by atoms with Crippen molar-refractivity contribution < 1.29 is 22.7 Å². The molecule has 1 N–H and O–H groups in total. The molecule has 0 saturated heterocycles. The maximum Gasteiger partial charge on any atom is 0.240 e. The second-order valence-corrected chi connectivity index (χ2v) is 7.05. The first-order valence-electron chi connectivity index (χ1n) is 7.17. The number of hydrogen-bond acceptors (Lipinski definition) is 5. The zero-order valence-corrected chi connectivity index (χ0v) is 14.8. The zero-order chi connectivity index (χ0) is 17.5. The first-order valence-corrected chi connectivity index (χ1v) is 9.02. The highest BCUT2D eigenvalue weighted by Gasteiger charge is 2.23. The van der Waals surface area contributed by atoms with Crippen LogP contribution in [-0.2, 0) is 19.6 Å². The van der Waals surface area contributed by atoms with Crippen LogP contribution < -0.4 is 14.4 Å². The van der Waals surface area contributed by atoms with Crippen LogP contribution in [0.15, 0.2) is 18.2 Å². The van der Waals surface area contributed by atoms with E-state index in [1.807, 2.05) is 13.0 Å². The van der Waals surface area contributed by atoms with Gasteiger partial charge in [0.05, 0.1) is 19.1 Å². The Hall–Kier alpha value is -1.80. The molecule has 8 heteroatoms. The molecule has 0 heterocycles. The predicted molar refractivity (Wildman–Crippen MR) is 89.4 cm³/mol. The van der Waals surface area contributed by atoms with Crippen LogP contribution in [0.1, 0.15) is 12.0 Å². The van der Waals surface area contributed by atoms with Crippen LogP contribution in [0.25, 0.3) is 0 Å². The minimum Gasteiger partial charge on any atom is -0.495 e. The SMILES string of the molecule is COCCCNC(=O)CN(c1cc(C)ccc1OC)S(C)(=O)=O. The first-order chi connectivity index (χ1) is 10.8. The summed E-state index contributed by atoms with van der Waals surface area (Å²) in [4.78, 5) is 12.0. The molecule has 130 valence electrons. The Kier molecular flexibility index (Phi) is 7.31. The summed E-state index contributed by atoms with van der Waals surface area (Å²) in [5, 5.41) is 2.68. The minimum atomic E-state index is -3.63.